The predicted molar refractivity (Wildman–Crippen MR) is 116 cm³/mol. The van der Waals surface area contributed by atoms with Crippen molar-refractivity contribution >= 4 is 28.0 Å². The summed E-state index contributed by atoms with van der Waals surface area (Å²) in [5.41, 5.74) is 3.05. The summed E-state index contributed by atoms with van der Waals surface area (Å²) in [6, 6.07) is 18.5. The van der Waals surface area contributed by atoms with E-state index >= 15 is 0 Å². The Balaban J connectivity index is 1.65. The lowest BCUT2D eigenvalue weighted by Gasteiger charge is -2.20. The first-order valence-electron chi connectivity index (χ1n) is 10.1. The van der Waals surface area contributed by atoms with Crippen LogP contribution in [0.4, 0.5) is 11.4 Å². The van der Waals surface area contributed by atoms with E-state index < -0.39 is 0 Å². The van der Waals surface area contributed by atoms with Crippen LogP contribution in [0.2, 0.25) is 0 Å². The highest BCUT2D eigenvalue weighted by molar-refractivity contribution is 6.19. The van der Waals surface area contributed by atoms with Gasteiger partial charge in [-0.15, -0.1) is 0 Å². The van der Waals surface area contributed by atoms with Crippen molar-refractivity contribution in [1.82, 2.24) is 0 Å². The molecule has 0 bridgehead atoms. The second kappa shape index (κ2) is 8.34. The molecular formula is C24H26N2O2. The van der Waals surface area contributed by atoms with Crippen molar-refractivity contribution in [1.29, 1.82) is 0 Å². The Bertz CT molecular complexity index is 1010. The second-order valence-corrected chi connectivity index (χ2v) is 6.92. The molecule has 0 amide bonds. The van der Waals surface area contributed by atoms with Crippen molar-refractivity contribution in [2.75, 3.05) is 18.5 Å². The molecule has 0 aromatic heterocycles. The van der Waals surface area contributed by atoms with Crippen LogP contribution in [-0.4, -0.2) is 19.0 Å². The Kier molecular flexibility index (Phi) is 5.47. The van der Waals surface area contributed by atoms with Crippen LogP contribution in [0.5, 0.6) is 11.5 Å². The molecule has 1 heterocycles. The minimum absolute atomic E-state index is 0.594. The van der Waals surface area contributed by atoms with E-state index in [1.165, 1.54) is 18.2 Å². The van der Waals surface area contributed by atoms with Gasteiger partial charge in [0, 0.05) is 16.6 Å². The fourth-order valence-electron chi connectivity index (χ4n) is 3.51. The van der Waals surface area contributed by atoms with E-state index in [4.69, 9.17) is 14.5 Å². The molecule has 0 saturated heterocycles. The number of unbranched alkanes of at least 4 members (excludes halogenated alkanes) is 2. The number of amidine groups is 1. The van der Waals surface area contributed by atoms with Crippen molar-refractivity contribution in [2.24, 2.45) is 4.99 Å². The maximum absolute atomic E-state index is 5.95. The van der Waals surface area contributed by atoms with Crippen molar-refractivity contribution in [2.45, 2.75) is 33.1 Å². The largest absolute Gasteiger partial charge is 0.490 e. The van der Waals surface area contributed by atoms with Gasteiger partial charge in [0.05, 0.1) is 18.9 Å². The van der Waals surface area contributed by atoms with Crippen LogP contribution in [0.1, 0.15) is 38.7 Å². The molecule has 28 heavy (non-hydrogen) atoms. The smallest absolute Gasteiger partial charge is 0.161 e. The van der Waals surface area contributed by atoms with E-state index in [9.17, 15) is 0 Å². The first-order chi connectivity index (χ1) is 13.8. The van der Waals surface area contributed by atoms with E-state index in [2.05, 4.69) is 42.6 Å². The number of rotatable bonds is 8. The zero-order valence-corrected chi connectivity index (χ0v) is 16.5. The summed E-state index contributed by atoms with van der Waals surface area (Å²) in [6.45, 7) is 5.48. The van der Waals surface area contributed by atoms with Gasteiger partial charge in [-0.1, -0.05) is 44.0 Å². The highest BCUT2D eigenvalue weighted by atomic mass is 16.5. The second-order valence-electron chi connectivity index (χ2n) is 6.92. The maximum atomic E-state index is 5.95. The fourth-order valence-corrected chi connectivity index (χ4v) is 3.51. The minimum Gasteiger partial charge on any atom is -0.490 e. The van der Waals surface area contributed by atoms with Crippen molar-refractivity contribution in [3.8, 4) is 11.5 Å². The molecule has 0 radical (unpaired) electrons. The quantitative estimate of drug-likeness (QED) is 0.470. The van der Waals surface area contributed by atoms with Gasteiger partial charge in [0.2, 0.25) is 0 Å². The Labute approximate surface area is 166 Å². The van der Waals surface area contributed by atoms with Crippen LogP contribution in [0.25, 0.3) is 10.8 Å². The molecule has 0 atom stereocenters. The van der Waals surface area contributed by atoms with Gasteiger partial charge >= 0.3 is 0 Å². The number of benzene rings is 3. The number of hydrogen-bond donors (Lipinski definition) is 1. The van der Waals surface area contributed by atoms with Crippen molar-refractivity contribution in [3.05, 3.63) is 60.2 Å². The van der Waals surface area contributed by atoms with E-state index in [-0.39, 0.29) is 0 Å². The molecule has 0 unspecified atom stereocenters. The van der Waals surface area contributed by atoms with Gasteiger partial charge in [-0.3, -0.25) is 0 Å². The van der Waals surface area contributed by atoms with Crippen LogP contribution in [0.3, 0.4) is 0 Å². The summed E-state index contributed by atoms with van der Waals surface area (Å²) in [5, 5.41) is 5.83. The lowest BCUT2D eigenvalue weighted by Crippen LogP contribution is -2.16. The van der Waals surface area contributed by atoms with Crippen LogP contribution >= 0.6 is 0 Å². The number of anilines is 1. The van der Waals surface area contributed by atoms with E-state index in [0.717, 1.165) is 46.1 Å². The van der Waals surface area contributed by atoms with Gasteiger partial charge in [-0.25, -0.2) is 4.99 Å². The van der Waals surface area contributed by atoms with Gasteiger partial charge in [0.25, 0.3) is 0 Å². The maximum Gasteiger partial charge on any atom is 0.161 e. The molecule has 0 saturated carbocycles. The van der Waals surface area contributed by atoms with Crippen LogP contribution < -0.4 is 14.8 Å². The van der Waals surface area contributed by atoms with Crippen molar-refractivity contribution < 1.29 is 9.47 Å². The van der Waals surface area contributed by atoms with Crippen molar-refractivity contribution in [3.63, 3.8) is 0 Å². The molecule has 3 aromatic rings. The fraction of sp³-hybridized carbons (Fsp3) is 0.292. The molecular weight excluding hydrogens is 348 g/mol. The van der Waals surface area contributed by atoms with Gasteiger partial charge < -0.3 is 14.8 Å². The average Bonchev–Trinajstić information content (AvgIpc) is 2.72. The van der Waals surface area contributed by atoms with E-state index in [1.807, 2.05) is 31.2 Å². The number of aliphatic imine (C=N–C) groups is 1. The Morgan fingerprint density at radius 2 is 1.75 bits per heavy atom. The molecule has 1 N–H and O–H groups in total. The third kappa shape index (κ3) is 3.68. The standard InChI is InChI=1S/C24H26N2O2/c1-3-5-6-15-28-21-14-13-18(16-22(21)27-4-2)24-25-19-11-7-9-17-10-8-12-20(26-24)23(17)19/h7-14,16H,3-6,15H2,1-2H3,(H,25,26). The number of nitrogens with zero attached hydrogens (tertiary/aromatic N) is 1. The zero-order valence-electron chi connectivity index (χ0n) is 16.5. The molecule has 0 spiro atoms. The lowest BCUT2D eigenvalue weighted by molar-refractivity contribution is 0.271. The van der Waals surface area contributed by atoms with Crippen LogP contribution in [0, 0.1) is 0 Å². The summed E-state index contributed by atoms with van der Waals surface area (Å²) in [6.07, 6.45) is 3.41. The first-order valence-corrected chi connectivity index (χ1v) is 10.1. The number of nitrogens with one attached hydrogen (secondary N) is 1. The summed E-state index contributed by atoms with van der Waals surface area (Å²) in [4.78, 5) is 4.86. The molecule has 144 valence electrons. The van der Waals surface area contributed by atoms with Crippen LogP contribution in [-0.2, 0) is 0 Å². The zero-order chi connectivity index (χ0) is 19.3. The van der Waals surface area contributed by atoms with Gasteiger partial charge in [-0.2, -0.15) is 0 Å². The highest BCUT2D eigenvalue weighted by Crippen LogP contribution is 2.37. The Morgan fingerprint density at radius 1 is 0.893 bits per heavy atom. The van der Waals surface area contributed by atoms with Gasteiger partial charge in [0.15, 0.2) is 11.5 Å². The summed E-state index contributed by atoms with van der Waals surface area (Å²) in [5.74, 6) is 2.38. The summed E-state index contributed by atoms with van der Waals surface area (Å²) < 4.78 is 11.8. The molecule has 1 aliphatic heterocycles. The minimum atomic E-state index is 0.594. The predicted octanol–water partition coefficient (Wildman–Crippen LogP) is 6.31. The topological polar surface area (TPSA) is 42.8 Å². The van der Waals surface area contributed by atoms with E-state index in [1.54, 1.807) is 0 Å². The SMILES string of the molecule is CCCCCOc1ccc(C2=Nc3cccc4cccc(c34)N2)cc1OCC. The number of ether oxygens (including phenoxy) is 2. The molecule has 0 aliphatic carbocycles. The molecule has 0 fully saturated rings. The molecule has 4 rings (SSSR count). The van der Waals surface area contributed by atoms with Gasteiger partial charge in [0.1, 0.15) is 5.84 Å². The monoisotopic (exact) mass is 374 g/mol. The third-order valence-electron chi connectivity index (χ3n) is 4.89. The number of hydrogen-bond acceptors (Lipinski definition) is 4. The third-order valence-corrected chi connectivity index (χ3v) is 4.89. The summed E-state index contributed by atoms with van der Waals surface area (Å²) >= 11 is 0. The lowest BCUT2D eigenvalue weighted by atomic mass is 10.0. The van der Waals surface area contributed by atoms with Crippen LogP contribution in [0.15, 0.2) is 59.6 Å². The first kappa shape index (κ1) is 18.4. The molecule has 3 aromatic carbocycles. The highest BCUT2D eigenvalue weighted by Gasteiger charge is 2.17. The molecule has 1 aliphatic rings. The Morgan fingerprint density at radius 3 is 2.57 bits per heavy atom. The van der Waals surface area contributed by atoms with Gasteiger partial charge in [-0.05, 0) is 49.1 Å². The average molecular weight is 374 g/mol. The molecule has 4 nitrogen and oxygen atoms in total. The van der Waals surface area contributed by atoms with E-state index in [0.29, 0.717) is 13.2 Å². The summed E-state index contributed by atoms with van der Waals surface area (Å²) in [7, 11) is 0. The normalized spacial score (nSPS) is 12.4. The Hall–Kier alpha value is -3.01. The molecule has 4 heteroatoms.